The lowest BCUT2D eigenvalue weighted by molar-refractivity contribution is -0.147. The van der Waals surface area contributed by atoms with Crippen LogP contribution in [-0.2, 0) is 14.3 Å². The molecule has 0 saturated carbocycles. The molecule has 1 fully saturated rings. The number of amides is 1. The van der Waals surface area contributed by atoms with Gasteiger partial charge in [0.2, 0.25) is 5.91 Å². The number of likely N-dealkylation sites (tertiary alicyclic amines) is 1. The summed E-state index contributed by atoms with van der Waals surface area (Å²) in [6, 6.07) is 0.104. The van der Waals surface area contributed by atoms with Gasteiger partial charge in [0.1, 0.15) is 6.42 Å². The molecule has 0 aromatic heterocycles. The summed E-state index contributed by atoms with van der Waals surface area (Å²) >= 11 is 0. The van der Waals surface area contributed by atoms with E-state index in [0.29, 0.717) is 13.1 Å². The molecule has 1 aliphatic heterocycles. The number of nitrogens with two attached hydrogens (primary N) is 1. The minimum Gasteiger partial charge on any atom is -0.469 e. The molecule has 1 unspecified atom stereocenters. The summed E-state index contributed by atoms with van der Waals surface area (Å²) in [5, 5.41) is 0. The van der Waals surface area contributed by atoms with Crippen LogP contribution in [0.3, 0.4) is 0 Å². The van der Waals surface area contributed by atoms with E-state index in [-0.39, 0.29) is 18.4 Å². The number of methoxy groups -OCH3 is 1. The van der Waals surface area contributed by atoms with Gasteiger partial charge in [0.15, 0.2) is 0 Å². The molecule has 0 aromatic rings. The van der Waals surface area contributed by atoms with Crippen molar-refractivity contribution in [2.75, 3.05) is 20.2 Å². The van der Waals surface area contributed by atoms with Crippen LogP contribution in [0.1, 0.15) is 19.3 Å². The SMILES string of the molecule is COC(=O)CC(=O)N1CCCC1CN. The number of esters is 1. The van der Waals surface area contributed by atoms with Gasteiger partial charge in [-0.25, -0.2) is 0 Å². The van der Waals surface area contributed by atoms with Crippen LogP contribution in [0.5, 0.6) is 0 Å². The van der Waals surface area contributed by atoms with Crippen molar-refractivity contribution in [3.63, 3.8) is 0 Å². The molecule has 1 heterocycles. The van der Waals surface area contributed by atoms with Crippen molar-refractivity contribution in [3.05, 3.63) is 0 Å². The third kappa shape index (κ3) is 2.45. The molecule has 1 amide bonds. The van der Waals surface area contributed by atoms with Crippen LogP contribution in [-0.4, -0.2) is 43.0 Å². The average Bonchev–Trinajstić information content (AvgIpc) is 2.65. The molecule has 80 valence electrons. The van der Waals surface area contributed by atoms with Gasteiger partial charge in [0.25, 0.3) is 0 Å². The van der Waals surface area contributed by atoms with Gasteiger partial charge in [-0.15, -0.1) is 0 Å². The maximum absolute atomic E-state index is 11.6. The second-order valence-corrected chi connectivity index (χ2v) is 3.37. The third-order valence-electron chi connectivity index (χ3n) is 2.49. The standard InChI is InChI=1S/C9H16N2O3/c1-14-9(13)5-8(12)11-4-2-3-7(11)6-10/h7H,2-6,10H2,1H3. The number of hydrogen-bond acceptors (Lipinski definition) is 4. The predicted molar refractivity (Wildman–Crippen MR) is 50.4 cm³/mol. The number of nitrogens with zero attached hydrogens (tertiary/aromatic N) is 1. The zero-order chi connectivity index (χ0) is 10.6. The average molecular weight is 200 g/mol. The third-order valence-corrected chi connectivity index (χ3v) is 2.49. The maximum atomic E-state index is 11.6. The van der Waals surface area contributed by atoms with E-state index >= 15 is 0 Å². The summed E-state index contributed by atoms with van der Waals surface area (Å²) in [5.41, 5.74) is 5.52. The van der Waals surface area contributed by atoms with E-state index in [9.17, 15) is 9.59 Å². The summed E-state index contributed by atoms with van der Waals surface area (Å²) in [7, 11) is 1.28. The highest BCUT2D eigenvalue weighted by molar-refractivity contribution is 5.94. The lowest BCUT2D eigenvalue weighted by Crippen LogP contribution is -2.40. The van der Waals surface area contributed by atoms with E-state index in [1.165, 1.54) is 7.11 Å². The van der Waals surface area contributed by atoms with Gasteiger partial charge in [-0.05, 0) is 12.8 Å². The van der Waals surface area contributed by atoms with Crippen LogP contribution in [0, 0.1) is 0 Å². The van der Waals surface area contributed by atoms with Crippen molar-refractivity contribution in [3.8, 4) is 0 Å². The molecule has 1 atom stereocenters. The molecule has 1 aliphatic rings. The Morgan fingerprint density at radius 2 is 2.29 bits per heavy atom. The summed E-state index contributed by atoms with van der Waals surface area (Å²) < 4.78 is 4.43. The van der Waals surface area contributed by atoms with Gasteiger partial charge in [-0.3, -0.25) is 9.59 Å². The minimum absolute atomic E-state index is 0.104. The molecular formula is C9H16N2O3. The first-order valence-electron chi connectivity index (χ1n) is 4.75. The van der Waals surface area contributed by atoms with Gasteiger partial charge in [-0.2, -0.15) is 0 Å². The smallest absolute Gasteiger partial charge is 0.315 e. The molecule has 5 nitrogen and oxygen atoms in total. The van der Waals surface area contributed by atoms with Crippen LogP contribution in [0.25, 0.3) is 0 Å². The first-order chi connectivity index (χ1) is 6.69. The van der Waals surface area contributed by atoms with Gasteiger partial charge in [0.05, 0.1) is 7.11 Å². The Labute approximate surface area is 83.2 Å². The molecule has 0 aromatic carbocycles. The Hall–Kier alpha value is -1.10. The molecule has 0 spiro atoms. The molecular weight excluding hydrogens is 184 g/mol. The lowest BCUT2D eigenvalue weighted by Gasteiger charge is -2.22. The van der Waals surface area contributed by atoms with E-state index in [1.807, 2.05) is 0 Å². The number of rotatable bonds is 3. The van der Waals surface area contributed by atoms with Crippen molar-refractivity contribution < 1.29 is 14.3 Å². The Kier molecular flexibility index (Phi) is 3.88. The van der Waals surface area contributed by atoms with Crippen LogP contribution < -0.4 is 5.73 Å². The summed E-state index contributed by atoms with van der Waals surface area (Å²) in [6.45, 7) is 1.17. The topological polar surface area (TPSA) is 72.6 Å². The van der Waals surface area contributed by atoms with Crippen molar-refractivity contribution in [1.29, 1.82) is 0 Å². The first-order valence-corrected chi connectivity index (χ1v) is 4.75. The van der Waals surface area contributed by atoms with Crippen LogP contribution >= 0.6 is 0 Å². The quantitative estimate of drug-likeness (QED) is 0.492. The Morgan fingerprint density at radius 1 is 1.57 bits per heavy atom. The van der Waals surface area contributed by atoms with E-state index in [4.69, 9.17) is 5.73 Å². The van der Waals surface area contributed by atoms with Crippen molar-refractivity contribution in [2.45, 2.75) is 25.3 Å². The summed E-state index contributed by atoms with van der Waals surface area (Å²) in [5.74, 6) is -0.664. The fourth-order valence-electron chi connectivity index (χ4n) is 1.71. The number of ether oxygens (including phenoxy) is 1. The molecule has 14 heavy (non-hydrogen) atoms. The van der Waals surface area contributed by atoms with Crippen LogP contribution in [0.4, 0.5) is 0 Å². The fourth-order valence-corrected chi connectivity index (χ4v) is 1.71. The monoisotopic (exact) mass is 200 g/mol. The fraction of sp³-hybridized carbons (Fsp3) is 0.778. The predicted octanol–water partition coefficient (Wildman–Crippen LogP) is -0.501. The zero-order valence-corrected chi connectivity index (χ0v) is 8.36. The number of carbonyl (C=O) groups excluding carboxylic acids is 2. The second kappa shape index (κ2) is 4.95. The van der Waals surface area contributed by atoms with E-state index in [1.54, 1.807) is 4.90 Å². The van der Waals surface area contributed by atoms with Crippen molar-refractivity contribution >= 4 is 11.9 Å². The zero-order valence-electron chi connectivity index (χ0n) is 8.36. The minimum atomic E-state index is -0.488. The highest BCUT2D eigenvalue weighted by atomic mass is 16.5. The molecule has 0 bridgehead atoms. The molecule has 1 rings (SSSR count). The van der Waals surface area contributed by atoms with Gasteiger partial charge >= 0.3 is 5.97 Å². The lowest BCUT2D eigenvalue weighted by atomic mass is 10.2. The Balaban J connectivity index is 2.47. The van der Waals surface area contributed by atoms with E-state index in [2.05, 4.69) is 4.74 Å². The highest BCUT2D eigenvalue weighted by Gasteiger charge is 2.28. The summed E-state index contributed by atoms with van der Waals surface area (Å²) in [6.07, 6.45) is 1.73. The largest absolute Gasteiger partial charge is 0.469 e. The molecule has 5 heteroatoms. The first kappa shape index (κ1) is 11.0. The van der Waals surface area contributed by atoms with Crippen molar-refractivity contribution in [2.24, 2.45) is 5.73 Å². The Morgan fingerprint density at radius 3 is 2.86 bits per heavy atom. The number of carbonyl (C=O) groups is 2. The van der Waals surface area contributed by atoms with Crippen LogP contribution in [0.2, 0.25) is 0 Å². The Bertz CT molecular complexity index is 230. The van der Waals surface area contributed by atoms with Gasteiger partial charge < -0.3 is 15.4 Å². The van der Waals surface area contributed by atoms with Gasteiger partial charge in [0, 0.05) is 19.1 Å². The molecule has 1 saturated heterocycles. The normalized spacial score (nSPS) is 21.0. The van der Waals surface area contributed by atoms with E-state index < -0.39 is 5.97 Å². The summed E-state index contributed by atoms with van der Waals surface area (Å²) in [4.78, 5) is 24.1. The van der Waals surface area contributed by atoms with E-state index in [0.717, 1.165) is 12.8 Å². The molecule has 2 N–H and O–H groups in total. The molecule has 0 radical (unpaired) electrons. The second-order valence-electron chi connectivity index (χ2n) is 3.37. The van der Waals surface area contributed by atoms with Gasteiger partial charge in [-0.1, -0.05) is 0 Å². The number of hydrogen-bond donors (Lipinski definition) is 1. The molecule has 0 aliphatic carbocycles. The van der Waals surface area contributed by atoms with Crippen LogP contribution in [0.15, 0.2) is 0 Å². The maximum Gasteiger partial charge on any atom is 0.315 e. The van der Waals surface area contributed by atoms with Crippen molar-refractivity contribution in [1.82, 2.24) is 4.90 Å². The highest BCUT2D eigenvalue weighted by Crippen LogP contribution is 2.17.